The minimum atomic E-state index is -3.50. The average molecular weight is 338 g/mol. The van der Waals surface area contributed by atoms with Gasteiger partial charge in [-0.1, -0.05) is 0 Å². The standard InChI is InChI=1S/C10H12BrNO5S/c1-17-4-5-18(15,16)12-9-3-2-7(10(13)14)6-8(9)11/h2-3,6,12H,4-5H2,1H3,(H,13,14). The average Bonchev–Trinajstić information content (AvgIpc) is 2.29. The van der Waals surface area contributed by atoms with Crippen LogP contribution in [0, 0.1) is 0 Å². The quantitative estimate of drug-likeness (QED) is 0.821. The smallest absolute Gasteiger partial charge is 0.335 e. The number of carboxylic acids is 1. The van der Waals surface area contributed by atoms with Gasteiger partial charge in [0.05, 0.1) is 23.6 Å². The normalized spacial score (nSPS) is 11.2. The van der Waals surface area contributed by atoms with E-state index in [1.165, 1.54) is 25.3 Å². The van der Waals surface area contributed by atoms with Crippen LogP contribution in [0.5, 0.6) is 0 Å². The lowest BCUT2D eigenvalue weighted by Crippen LogP contribution is -2.20. The third-order valence-electron chi connectivity index (χ3n) is 2.04. The van der Waals surface area contributed by atoms with E-state index in [-0.39, 0.29) is 23.6 Å². The van der Waals surface area contributed by atoms with Crippen molar-refractivity contribution in [3.05, 3.63) is 28.2 Å². The molecule has 0 aliphatic carbocycles. The van der Waals surface area contributed by atoms with Crippen LogP contribution in [0.4, 0.5) is 5.69 Å². The Hall–Kier alpha value is -1.12. The SMILES string of the molecule is COCCS(=O)(=O)Nc1ccc(C(=O)O)cc1Br. The summed E-state index contributed by atoms with van der Waals surface area (Å²) in [6.45, 7) is 0.0835. The van der Waals surface area contributed by atoms with E-state index in [0.29, 0.717) is 4.47 Å². The Morgan fingerprint density at radius 3 is 2.67 bits per heavy atom. The molecular weight excluding hydrogens is 326 g/mol. The van der Waals surface area contributed by atoms with E-state index in [9.17, 15) is 13.2 Å². The van der Waals surface area contributed by atoms with Crippen LogP contribution in [0.25, 0.3) is 0 Å². The van der Waals surface area contributed by atoms with E-state index < -0.39 is 16.0 Å². The first kappa shape index (κ1) is 14.9. The summed E-state index contributed by atoms with van der Waals surface area (Å²) in [6.07, 6.45) is 0. The number of anilines is 1. The van der Waals surface area contributed by atoms with Crippen molar-refractivity contribution in [1.29, 1.82) is 0 Å². The van der Waals surface area contributed by atoms with E-state index in [2.05, 4.69) is 25.4 Å². The number of hydrogen-bond acceptors (Lipinski definition) is 4. The van der Waals surface area contributed by atoms with Crippen LogP contribution in [-0.2, 0) is 14.8 Å². The summed E-state index contributed by atoms with van der Waals surface area (Å²) >= 11 is 3.11. The number of halogens is 1. The Kier molecular flexibility index (Phi) is 5.12. The molecule has 2 N–H and O–H groups in total. The van der Waals surface area contributed by atoms with E-state index in [0.717, 1.165) is 0 Å². The van der Waals surface area contributed by atoms with Gasteiger partial charge in [0, 0.05) is 11.6 Å². The van der Waals surface area contributed by atoms with Crippen molar-refractivity contribution < 1.29 is 23.1 Å². The van der Waals surface area contributed by atoms with Crippen LogP contribution < -0.4 is 4.72 Å². The largest absolute Gasteiger partial charge is 0.478 e. The molecule has 0 amide bonds. The maximum Gasteiger partial charge on any atom is 0.335 e. The number of aromatic carboxylic acids is 1. The molecule has 0 aliphatic heterocycles. The van der Waals surface area contributed by atoms with Crippen molar-refractivity contribution in [1.82, 2.24) is 0 Å². The summed E-state index contributed by atoms with van der Waals surface area (Å²) in [5.74, 6) is -1.25. The van der Waals surface area contributed by atoms with Gasteiger partial charge in [-0.3, -0.25) is 4.72 Å². The van der Waals surface area contributed by atoms with Gasteiger partial charge in [-0.2, -0.15) is 0 Å². The predicted molar refractivity (Wildman–Crippen MR) is 70.4 cm³/mol. The number of benzene rings is 1. The van der Waals surface area contributed by atoms with Crippen LogP contribution in [0.3, 0.4) is 0 Å². The second kappa shape index (κ2) is 6.17. The molecule has 1 rings (SSSR count). The van der Waals surface area contributed by atoms with Crippen molar-refractivity contribution in [2.24, 2.45) is 0 Å². The van der Waals surface area contributed by atoms with Gasteiger partial charge in [0.15, 0.2) is 0 Å². The van der Waals surface area contributed by atoms with Crippen LogP contribution in [0.15, 0.2) is 22.7 Å². The van der Waals surface area contributed by atoms with Gasteiger partial charge < -0.3 is 9.84 Å². The molecule has 1 aromatic carbocycles. The summed E-state index contributed by atoms with van der Waals surface area (Å²) in [7, 11) is -2.09. The Labute approximate surface area is 113 Å². The monoisotopic (exact) mass is 337 g/mol. The van der Waals surface area contributed by atoms with Gasteiger partial charge >= 0.3 is 5.97 Å². The number of carboxylic acid groups (broad SMARTS) is 1. The molecule has 0 aromatic heterocycles. The second-order valence-corrected chi connectivity index (χ2v) is 6.11. The summed E-state index contributed by atoms with van der Waals surface area (Å²) < 4.78 is 30.6. The van der Waals surface area contributed by atoms with E-state index in [1.54, 1.807) is 0 Å². The fraction of sp³-hybridized carbons (Fsp3) is 0.300. The Bertz CT molecular complexity index is 543. The first-order valence-corrected chi connectivity index (χ1v) is 7.32. The highest BCUT2D eigenvalue weighted by Gasteiger charge is 2.13. The zero-order valence-corrected chi connectivity index (χ0v) is 11.9. The third kappa shape index (κ3) is 4.28. The van der Waals surface area contributed by atoms with Crippen molar-refractivity contribution in [3.63, 3.8) is 0 Å². The lowest BCUT2D eigenvalue weighted by atomic mass is 10.2. The first-order valence-electron chi connectivity index (χ1n) is 4.88. The minimum Gasteiger partial charge on any atom is -0.478 e. The highest BCUT2D eigenvalue weighted by Crippen LogP contribution is 2.24. The minimum absolute atomic E-state index is 0.0710. The number of methoxy groups -OCH3 is 1. The number of carbonyl (C=O) groups is 1. The molecule has 0 saturated heterocycles. The summed E-state index contributed by atoms with van der Waals surface area (Å²) in [5.41, 5.74) is 0.359. The van der Waals surface area contributed by atoms with Gasteiger partial charge in [-0.05, 0) is 34.1 Å². The number of sulfonamides is 1. The van der Waals surface area contributed by atoms with E-state index in [4.69, 9.17) is 5.11 Å². The molecule has 1 aromatic rings. The topological polar surface area (TPSA) is 92.7 Å². The molecule has 0 aliphatic rings. The molecule has 0 bridgehead atoms. The van der Waals surface area contributed by atoms with Crippen molar-refractivity contribution in [2.45, 2.75) is 0 Å². The lowest BCUT2D eigenvalue weighted by Gasteiger charge is -2.09. The third-order valence-corrected chi connectivity index (χ3v) is 3.93. The zero-order chi connectivity index (χ0) is 13.8. The lowest BCUT2D eigenvalue weighted by molar-refractivity contribution is 0.0697. The van der Waals surface area contributed by atoms with Gasteiger partial charge in [0.25, 0.3) is 0 Å². The van der Waals surface area contributed by atoms with Crippen molar-refractivity contribution >= 4 is 37.6 Å². The summed E-state index contributed by atoms with van der Waals surface area (Å²) in [5, 5.41) is 8.77. The molecule has 18 heavy (non-hydrogen) atoms. The molecule has 6 nitrogen and oxygen atoms in total. The number of nitrogens with one attached hydrogen (secondary N) is 1. The Morgan fingerprint density at radius 1 is 1.50 bits per heavy atom. The second-order valence-electron chi connectivity index (χ2n) is 3.41. The van der Waals surface area contributed by atoms with Gasteiger partial charge in [0.2, 0.25) is 10.0 Å². The molecular formula is C10H12BrNO5S. The van der Waals surface area contributed by atoms with Crippen molar-refractivity contribution in [3.8, 4) is 0 Å². The molecule has 0 atom stereocenters. The predicted octanol–water partition coefficient (Wildman–Crippen LogP) is 1.54. The van der Waals surface area contributed by atoms with Gasteiger partial charge in [0.1, 0.15) is 0 Å². The van der Waals surface area contributed by atoms with Crippen molar-refractivity contribution in [2.75, 3.05) is 24.2 Å². The number of rotatable bonds is 6. The zero-order valence-electron chi connectivity index (χ0n) is 9.51. The molecule has 8 heteroatoms. The van der Waals surface area contributed by atoms with Crippen LogP contribution in [0.2, 0.25) is 0 Å². The van der Waals surface area contributed by atoms with Crippen LogP contribution in [0.1, 0.15) is 10.4 Å². The Balaban J connectivity index is 2.89. The number of ether oxygens (including phenoxy) is 1. The number of hydrogen-bond donors (Lipinski definition) is 2. The van der Waals surface area contributed by atoms with Crippen LogP contribution in [-0.4, -0.2) is 39.0 Å². The fourth-order valence-corrected chi connectivity index (χ4v) is 2.75. The fourth-order valence-electron chi connectivity index (χ4n) is 1.14. The van der Waals surface area contributed by atoms with Crippen LogP contribution >= 0.6 is 15.9 Å². The molecule has 100 valence electrons. The van der Waals surface area contributed by atoms with Gasteiger partial charge in [-0.15, -0.1) is 0 Å². The first-order chi connectivity index (χ1) is 8.35. The molecule has 0 heterocycles. The molecule has 0 radical (unpaired) electrons. The van der Waals surface area contributed by atoms with E-state index >= 15 is 0 Å². The highest BCUT2D eigenvalue weighted by atomic mass is 79.9. The molecule has 0 fully saturated rings. The van der Waals surface area contributed by atoms with E-state index in [1.807, 2.05) is 0 Å². The Morgan fingerprint density at radius 2 is 2.17 bits per heavy atom. The molecule has 0 spiro atoms. The molecule has 0 saturated carbocycles. The maximum absolute atomic E-state index is 11.6. The highest BCUT2D eigenvalue weighted by molar-refractivity contribution is 9.10. The molecule has 0 unspecified atom stereocenters. The summed E-state index contributed by atoms with van der Waals surface area (Å²) in [4.78, 5) is 10.7. The maximum atomic E-state index is 11.6. The summed E-state index contributed by atoms with van der Waals surface area (Å²) in [6, 6.07) is 4.04. The van der Waals surface area contributed by atoms with Gasteiger partial charge in [-0.25, -0.2) is 13.2 Å².